The zero-order chi connectivity index (χ0) is 26.6. The Bertz CT molecular complexity index is 1080. The monoisotopic (exact) mass is 512 g/mol. The number of allylic oxidation sites excluding steroid dienone is 1. The first kappa shape index (κ1) is 25.1. The molecule has 0 radical (unpaired) electrons. The molecule has 5 aliphatic carbocycles. The van der Waals surface area contributed by atoms with Crippen LogP contribution in [0.2, 0.25) is 0 Å². The number of hydrogen-bond donors (Lipinski definition) is 1. The molecule has 0 aromatic heterocycles. The lowest BCUT2D eigenvalue weighted by atomic mass is 9.34. The normalized spacial score (nSPS) is 58.0. The Balaban J connectivity index is 1.34. The van der Waals surface area contributed by atoms with Crippen LogP contribution in [-0.2, 0) is 19.0 Å². The number of carbonyl (C=O) groups is 1. The molecule has 2 saturated heterocycles. The molecule has 206 valence electrons. The van der Waals surface area contributed by atoms with E-state index < -0.39 is 6.29 Å². The van der Waals surface area contributed by atoms with Gasteiger partial charge in [0, 0.05) is 23.7 Å². The van der Waals surface area contributed by atoms with Crippen LogP contribution >= 0.6 is 0 Å². The van der Waals surface area contributed by atoms with Gasteiger partial charge in [-0.05, 0) is 78.4 Å². The van der Waals surface area contributed by atoms with Crippen molar-refractivity contribution >= 4 is 5.97 Å². The highest BCUT2D eigenvalue weighted by molar-refractivity contribution is 5.66. The molecule has 12 atom stereocenters. The number of carbonyl (C=O) groups excluding carboxylic acids is 1. The molecule has 2 aliphatic heterocycles. The summed E-state index contributed by atoms with van der Waals surface area (Å²) in [6.45, 7) is 18.4. The Kier molecular flexibility index (Phi) is 4.78. The van der Waals surface area contributed by atoms with Gasteiger partial charge in [0.2, 0.25) is 6.29 Å². The van der Waals surface area contributed by atoms with Crippen molar-refractivity contribution in [3.8, 4) is 0 Å². The lowest BCUT2D eigenvalue weighted by molar-refractivity contribution is -0.203. The summed E-state index contributed by atoms with van der Waals surface area (Å²) >= 11 is 0. The maximum absolute atomic E-state index is 12.2. The number of aliphatic hydroxyl groups is 1. The van der Waals surface area contributed by atoms with Crippen LogP contribution in [0.5, 0.6) is 0 Å². The second-order valence-electron chi connectivity index (χ2n) is 16.2. The van der Waals surface area contributed by atoms with E-state index in [1.807, 2.05) is 0 Å². The minimum atomic E-state index is -0.444. The van der Waals surface area contributed by atoms with E-state index in [0.29, 0.717) is 17.8 Å². The number of aliphatic hydroxyl groups excluding tert-OH is 1. The molecule has 0 aromatic carbocycles. The van der Waals surface area contributed by atoms with E-state index >= 15 is 0 Å². The van der Waals surface area contributed by atoms with Crippen molar-refractivity contribution in [3.63, 3.8) is 0 Å². The number of esters is 1. The van der Waals surface area contributed by atoms with Crippen LogP contribution in [0, 0.1) is 50.2 Å². The quantitative estimate of drug-likeness (QED) is 0.264. The van der Waals surface area contributed by atoms with Crippen molar-refractivity contribution in [2.24, 2.45) is 50.2 Å². The molecular weight excluding hydrogens is 464 g/mol. The number of rotatable bonds is 1. The number of ether oxygens (including phenoxy) is 3. The highest BCUT2D eigenvalue weighted by Gasteiger charge is 2.78. The van der Waals surface area contributed by atoms with Gasteiger partial charge < -0.3 is 19.3 Å². The summed E-state index contributed by atoms with van der Waals surface area (Å²) in [5.74, 6) is 1.14. The van der Waals surface area contributed by atoms with Gasteiger partial charge in [-0.2, -0.15) is 0 Å². The van der Waals surface area contributed by atoms with E-state index in [-0.39, 0.29) is 62.9 Å². The molecule has 5 heteroatoms. The second-order valence-corrected chi connectivity index (χ2v) is 16.2. The van der Waals surface area contributed by atoms with E-state index in [0.717, 1.165) is 32.1 Å². The SMILES string of the molecule is CC(=O)O[C@H]1O[C@H]2C[C@@]13CC=C1[C@]4(C)[C@@H]5O[C@@H]5[C@H]5C(C)(C)[C@H](O)CC[C@]5(C)[C@H]4CC[C@@]1(C)[C@@H]3CC2(C)C. The van der Waals surface area contributed by atoms with Gasteiger partial charge in [0.15, 0.2) is 0 Å². The molecule has 37 heavy (non-hydrogen) atoms. The fourth-order valence-corrected chi connectivity index (χ4v) is 12.1. The van der Waals surface area contributed by atoms with Crippen molar-refractivity contribution in [3.05, 3.63) is 11.6 Å². The molecule has 4 saturated carbocycles. The zero-order valence-electron chi connectivity index (χ0n) is 24.2. The second kappa shape index (κ2) is 7.04. The highest BCUT2D eigenvalue weighted by Crippen LogP contribution is 2.79. The fraction of sp³-hybridized carbons (Fsp3) is 0.906. The lowest BCUT2D eigenvalue weighted by Crippen LogP contribution is -2.66. The molecular formula is C32H48O5. The summed E-state index contributed by atoms with van der Waals surface area (Å²) in [7, 11) is 0. The van der Waals surface area contributed by atoms with E-state index in [9.17, 15) is 9.90 Å². The topological polar surface area (TPSA) is 68.3 Å². The van der Waals surface area contributed by atoms with Gasteiger partial charge in [-0.1, -0.05) is 60.1 Å². The molecule has 0 aromatic rings. The van der Waals surface area contributed by atoms with Crippen LogP contribution in [0.4, 0.5) is 0 Å². The van der Waals surface area contributed by atoms with Crippen LogP contribution in [0.3, 0.4) is 0 Å². The maximum atomic E-state index is 12.2. The van der Waals surface area contributed by atoms with Gasteiger partial charge >= 0.3 is 5.97 Å². The third-order valence-electron chi connectivity index (χ3n) is 13.8. The number of hydrogen-bond acceptors (Lipinski definition) is 5. The van der Waals surface area contributed by atoms with Gasteiger partial charge in [0.25, 0.3) is 0 Å². The predicted octanol–water partition coefficient (Wildman–Crippen LogP) is 6.03. The average molecular weight is 513 g/mol. The molecule has 6 fully saturated rings. The summed E-state index contributed by atoms with van der Waals surface area (Å²) in [6.07, 6.45) is 9.88. The van der Waals surface area contributed by atoms with Crippen LogP contribution in [-0.4, -0.2) is 41.8 Å². The van der Waals surface area contributed by atoms with Crippen LogP contribution in [0.25, 0.3) is 0 Å². The third-order valence-corrected chi connectivity index (χ3v) is 13.8. The molecule has 0 unspecified atom stereocenters. The first-order valence-electron chi connectivity index (χ1n) is 15.0. The van der Waals surface area contributed by atoms with E-state index in [4.69, 9.17) is 14.2 Å². The summed E-state index contributed by atoms with van der Waals surface area (Å²) in [6, 6.07) is 0. The van der Waals surface area contributed by atoms with Crippen molar-refractivity contribution in [1.82, 2.24) is 0 Å². The molecule has 7 rings (SSSR count). The summed E-state index contributed by atoms with van der Waals surface area (Å²) < 4.78 is 19.2. The largest absolute Gasteiger partial charge is 0.435 e. The van der Waals surface area contributed by atoms with Gasteiger partial charge in [-0.15, -0.1) is 0 Å². The van der Waals surface area contributed by atoms with Crippen LogP contribution in [0.15, 0.2) is 11.6 Å². The van der Waals surface area contributed by atoms with Crippen molar-refractivity contribution in [2.75, 3.05) is 0 Å². The van der Waals surface area contributed by atoms with Crippen molar-refractivity contribution < 1.29 is 24.1 Å². The van der Waals surface area contributed by atoms with Gasteiger partial charge in [0.1, 0.15) is 0 Å². The highest BCUT2D eigenvalue weighted by atomic mass is 16.7. The van der Waals surface area contributed by atoms with E-state index in [1.54, 1.807) is 5.57 Å². The Morgan fingerprint density at radius 2 is 1.73 bits per heavy atom. The molecule has 5 nitrogen and oxygen atoms in total. The lowest BCUT2D eigenvalue weighted by Gasteiger charge is -2.68. The predicted molar refractivity (Wildman–Crippen MR) is 140 cm³/mol. The van der Waals surface area contributed by atoms with E-state index in [2.05, 4.69) is 54.5 Å². The maximum Gasteiger partial charge on any atom is 0.304 e. The zero-order valence-corrected chi connectivity index (χ0v) is 24.2. The minimum Gasteiger partial charge on any atom is -0.435 e. The van der Waals surface area contributed by atoms with Gasteiger partial charge in [-0.3, -0.25) is 4.79 Å². The smallest absolute Gasteiger partial charge is 0.304 e. The first-order chi connectivity index (χ1) is 17.1. The van der Waals surface area contributed by atoms with Gasteiger partial charge in [0.05, 0.1) is 24.4 Å². The third kappa shape index (κ3) is 2.80. The number of fused-ring (bicyclic) bond motifs is 10. The molecule has 2 heterocycles. The Hall–Kier alpha value is -0.910. The molecule has 1 N–H and O–H groups in total. The minimum absolute atomic E-state index is 0.0142. The van der Waals surface area contributed by atoms with E-state index in [1.165, 1.54) is 19.8 Å². The van der Waals surface area contributed by atoms with Gasteiger partial charge in [-0.25, -0.2) is 0 Å². The Morgan fingerprint density at radius 3 is 2.43 bits per heavy atom. The number of epoxide rings is 1. The molecule has 0 amide bonds. The molecule has 1 spiro atoms. The fourth-order valence-electron chi connectivity index (χ4n) is 12.1. The Labute approximate surface area is 223 Å². The summed E-state index contributed by atoms with van der Waals surface area (Å²) in [5.41, 5.74) is 1.65. The summed E-state index contributed by atoms with van der Waals surface area (Å²) in [5, 5.41) is 11.0. The molecule has 7 aliphatic rings. The summed E-state index contributed by atoms with van der Waals surface area (Å²) in [4.78, 5) is 12.2. The standard InChI is InChI=1S/C32H48O5/c1-17(33)35-26-32-14-10-18-29(6,20(32)15-27(2,3)22(16-32)36-26)12-9-19-30(7)13-11-21(34)28(4,5)24(30)23-25(37-23)31(18,19)8/h10,19-26,34H,9,11-16H2,1-8H3/t19-,20+,21-,22+,23-,24+,25-,26+,29-,30-,31+,32-/m1/s1. The van der Waals surface area contributed by atoms with Crippen LogP contribution in [0.1, 0.15) is 100 Å². The first-order valence-corrected chi connectivity index (χ1v) is 15.0. The average Bonchev–Trinajstić information content (AvgIpc) is 3.51. The van der Waals surface area contributed by atoms with Crippen molar-refractivity contribution in [2.45, 2.75) is 131 Å². The van der Waals surface area contributed by atoms with Crippen molar-refractivity contribution in [1.29, 1.82) is 0 Å². The van der Waals surface area contributed by atoms with Crippen LogP contribution < -0.4 is 0 Å². The molecule has 2 bridgehead atoms. The Morgan fingerprint density at radius 1 is 1.00 bits per heavy atom.